The van der Waals surface area contributed by atoms with Crippen LogP contribution in [0.5, 0.6) is 0 Å². The van der Waals surface area contributed by atoms with Gasteiger partial charge in [-0.3, -0.25) is 9.59 Å². The molecule has 1 N–H and O–H groups in total. The topological polar surface area (TPSA) is 55.4 Å². The highest BCUT2D eigenvalue weighted by atomic mass is 16.5. The molecule has 2 bridgehead atoms. The molecule has 2 fully saturated rings. The number of hydrogen-bond acceptors (Lipinski definition) is 3. The number of esters is 1. The first-order chi connectivity index (χ1) is 11.4. The van der Waals surface area contributed by atoms with Gasteiger partial charge in [0.2, 0.25) is 0 Å². The van der Waals surface area contributed by atoms with Crippen LogP contribution < -0.4 is 5.32 Å². The Hall–Kier alpha value is -1.84. The highest BCUT2D eigenvalue weighted by molar-refractivity contribution is 5.94. The molecule has 0 spiro atoms. The lowest BCUT2D eigenvalue weighted by atomic mass is 9.86. The SMILES string of the molecule is Cc1cc(C)c(NC(=O)COC(=O)C[C@@H]2C[C@@H]3CC[C@@H]2C3)c(C)c1. The van der Waals surface area contributed by atoms with Crippen LogP contribution in [0.4, 0.5) is 5.69 Å². The van der Waals surface area contributed by atoms with E-state index in [1.165, 1.54) is 24.8 Å². The van der Waals surface area contributed by atoms with Crippen molar-refractivity contribution in [2.75, 3.05) is 11.9 Å². The van der Waals surface area contributed by atoms with Crippen molar-refractivity contribution in [1.82, 2.24) is 0 Å². The Morgan fingerprint density at radius 2 is 1.83 bits per heavy atom. The summed E-state index contributed by atoms with van der Waals surface area (Å²) in [5.74, 6) is 1.49. The Morgan fingerprint density at radius 3 is 2.42 bits per heavy atom. The summed E-state index contributed by atoms with van der Waals surface area (Å²) in [4.78, 5) is 24.1. The van der Waals surface area contributed by atoms with Crippen LogP contribution in [0.15, 0.2) is 12.1 Å². The average Bonchev–Trinajstić information content (AvgIpc) is 3.11. The number of ether oxygens (including phenoxy) is 1. The van der Waals surface area contributed by atoms with Crippen LogP contribution in [-0.4, -0.2) is 18.5 Å². The molecule has 1 aromatic rings. The van der Waals surface area contributed by atoms with Crippen molar-refractivity contribution in [2.24, 2.45) is 17.8 Å². The third kappa shape index (κ3) is 3.80. The third-order valence-corrected chi connectivity index (χ3v) is 5.62. The van der Waals surface area contributed by atoms with E-state index in [0.29, 0.717) is 18.3 Å². The zero-order chi connectivity index (χ0) is 17.3. The lowest BCUT2D eigenvalue weighted by Crippen LogP contribution is -2.23. The molecule has 0 radical (unpaired) electrons. The second-order valence-electron chi connectivity index (χ2n) is 7.62. The summed E-state index contributed by atoms with van der Waals surface area (Å²) in [6.45, 7) is 5.77. The van der Waals surface area contributed by atoms with Crippen molar-refractivity contribution in [2.45, 2.75) is 52.9 Å². The molecule has 1 amide bonds. The molecule has 0 aromatic heterocycles. The van der Waals surface area contributed by atoms with Gasteiger partial charge in [0.1, 0.15) is 0 Å². The van der Waals surface area contributed by atoms with E-state index in [4.69, 9.17) is 4.74 Å². The van der Waals surface area contributed by atoms with Gasteiger partial charge >= 0.3 is 5.97 Å². The molecule has 4 nitrogen and oxygen atoms in total. The monoisotopic (exact) mass is 329 g/mol. The fourth-order valence-electron chi connectivity index (χ4n) is 4.60. The molecule has 0 unspecified atom stereocenters. The Morgan fingerprint density at radius 1 is 1.12 bits per heavy atom. The molecule has 1 aromatic carbocycles. The lowest BCUT2D eigenvalue weighted by molar-refractivity contribution is -0.148. The molecule has 2 aliphatic rings. The summed E-state index contributed by atoms with van der Waals surface area (Å²) in [5, 5.41) is 2.87. The number of nitrogens with one attached hydrogen (secondary N) is 1. The van der Waals surface area contributed by atoms with Crippen molar-refractivity contribution < 1.29 is 14.3 Å². The predicted octanol–water partition coefficient (Wildman–Crippen LogP) is 3.92. The largest absolute Gasteiger partial charge is 0.456 e. The molecule has 0 aliphatic heterocycles. The number of hydrogen-bond donors (Lipinski definition) is 1. The number of aryl methyl sites for hydroxylation is 3. The van der Waals surface area contributed by atoms with Crippen molar-refractivity contribution in [3.63, 3.8) is 0 Å². The van der Waals surface area contributed by atoms with Crippen molar-refractivity contribution >= 4 is 17.6 Å². The van der Waals surface area contributed by atoms with E-state index in [1.54, 1.807) is 0 Å². The van der Waals surface area contributed by atoms with E-state index in [-0.39, 0.29) is 18.5 Å². The summed E-state index contributed by atoms with van der Waals surface area (Å²) in [6, 6.07) is 4.06. The molecular weight excluding hydrogens is 302 g/mol. The summed E-state index contributed by atoms with van der Waals surface area (Å²) in [7, 11) is 0. The Bertz CT molecular complexity index is 629. The molecule has 2 aliphatic carbocycles. The maximum absolute atomic E-state index is 12.1. The van der Waals surface area contributed by atoms with Crippen molar-refractivity contribution in [3.05, 3.63) is 28.8 Å². The van der Waals surface area contributed by atoms with Crippen LogP contribution in [0.25, 0.3) is 0 Å². The van der Waals surface area contributed by atoms with Crippen molar-refractivity contribution in [3.8, 4) is 0 Å². The fourth-order valence-corrected chi connectivity index (χ4v) is 4.60. The van der Waals surface area contributed by atoms with Gasteiger partial charge in [0, 0.05) is 12.1 Å². The summed E-state index contributed by atoms with van der Waals surface area (Å²) in [5.41, 5.74) is 4.03. The average molecular weight is 329 g/mol. The van der Waals surface area contributed by atoms with Gasteiger partial charge in [-0.15, -0.1) is 0 Å². The van der Waals surface area contributed by atoms with E-state index in [2.05, 4.69) is 5.32 Å². The van der Waals surface area contributed by atoms with Gasteiger partial charge in [-0.2, -0.15) is 0 Å². The van der Waals surface area contributed by atoms with E-state index in [1.807, 2.05) is 32.9 Å². The number of amides is 1. The van der Waals surface area contributed by atoms with Gasteiger partial charge in [0.05, 0.1) is 0 Å². The number of rotatable bonds is 5. The van der Waals surface area contributed by atoms with E-state index in [0.717, 1.165) is 29.2 Å². The number of benzene rings is 1. The first-order valence-electron chi connectivity index (χ1n) is 8.95. The molecular formula is C20H27NO3. The molecule has 130 valence electrons. The molecule has 3 atom stereocenters. The quantitative estimate of drug-likeness (QED) is 0.833. The minimum atomic E-state index is -0.272. The number of fused-ring (bicyclic) bond motifs is 2. The minimum Gasteiger partial charge on any atom is -0.456 e. The molecule has 2 saturated carbocycles. The van der Waals surface area contributed by atoms with Gasteiger partial charge in [-0.05, 0) is 68.9 Å². The highest BCUT2D eigenvalue weighted by Gasteiger charge is 2.40. The molecule has 0 heterocycles. The normalized spacial score (nSPS) is 24.9. The van der Waals surface area contributed by atoms with Crippen LogP contribution in [-0.2, 0) is 14.3 Å². The zero-order valence-electron chi connectivity index (χ0n) is 14.9. The maximum Gasteiger partial charge on any atom is 0.306 e. The maximum atomic E-state index is 12.1. The Labute approximate surface area is 144 Å². The highest BCUT2D eigenvalue weighted by Crippen LogP contribution is 2.49. The van der Waals surface area contributed by atoms with Gasteiger partial charge < -0.3 is 10.1 Å². The van der Waals surface area contributed by atoms with Gasteiger partial charge in [-0.25, -0.2) is 0 Å². The van der Waals surface area contributed by atoms with Gasteiger partial charge in [0.15, 0.2) is 6.61 Å². The third-order valence-electron chi connectivity index (χ3n) is 5.62. The first-order valence-corrected chi connectivity index (χ1v) is 8.95. The van der Waals surface area contributed by atoms with Gasteiger partial charge in [0.25, 0.3) is 5.91 Å². The predicted molar refractivity (Wildman–Crippen MR) is 93.8 cm³/mol. The van der Waals surface area contributed by atoms with Crippen LogP contribution in [0, 0.1) is 38.5 Å². The van der Waals surface area contributed by atoms with Crippen molar-refractivity contribution in [1.29, 1.82) is 0 Å². The van der Waals surface area contributed by atoms with Crippen LogP contribution in [0.1, 0.15) is 48.8 Å². The first kappa shape index (κ1) is 17.0. The lowest BCUT2D eigenvalue weighted by Gasteiger charge is -2.20. The second-order valence-corrected chi connectivity index (χ2v) is 7.62. The van der Waals surface area contributed by atoms with Crippen LogP contribution in [0.3, 0.4) is 0 Å². The van der Waals surface area contributed by atoms with E-state index in [9.17, 15) is 9.59 Å². The second kappa shape index (κ2) is 6.96. The molecule has 24 heavy (non-hydrogen) atoms. The number of carbonyl (C=O) groups is 2. The summed E-state index contributed by atoms with van der Waals surface area (Å²) in [6.07, 6.45) is 5.50. The van der Waals surface area contributed by atoms with Crippen LogP contribution >= 0.6 is 0 Å². The van der Waals surface area contributed by atoms with E-state index >= 15 is 0 Å². The molecule has 4 heteroatoms. The summed E-state index contributed by atoms with van der Waals surface area (Å²) >= 11 is 0. The smallest absolute Gasteiger partial charge is 0.306 e. The van der Waals surface area contributed by atoms with Gasteiger partial charge in [-0.1, -0.05) is 24.1 Å². The molecule has 3 rings (SSSR count). The Kier molecular flexibility index (Phi) is 4.93. The number of anilines is 1. The van der Waals surface area contributed by atoms with E-state index < -0.39 is 0 Å². The zero-order valence-corrected chi connectivity index (χ0v) is 14.9. The fraction of sp³-hybridized carbons (Fsp3) is 0.600. The molecule has 0 saturated heterocycles. The standard InChI is InChI=1S/C20H27NO3/c1-12-6-13(2)20(14(3)7-12)21-18(22)11-24-19(23)10-17-9-15-4-5-16(17)8-15/h6-7,15-17H,4-5,8-11H2,1-3H3,(H,21,22)/t15-,16-,17+/m1/s1. The minimum absolute atomic E-state index is 0.202. The summed E-state index contributed by atoms with van der Waals surface area (Å²) < 4.78 is 5.20. The van der Waals surface area contributed by atoms with Crippen LogP contribution in [0.2, 0.25) is 0 Å². The number of carbonyl (C=O) groups excluding carboxylic acids is 2. The Balaban J connectivity index is 1.46.